The molecule has 2 amide bonds. The number of carbonyl (C=O) groups is 3. The van der Waals surface area contributed by atoms with Crippen molar-refractivity contribution in [2.75, 3.05) is 6.61 Å². The molecule has 1 unspecified atom stereocenters. The highest BCUT2D eigenvalue weighted by molar-refractivity contribution is 5.94. The summed E-state index contributed by atoms with van der Waals surface area (Å²) in [5, 5.41) is 15.3. The number of amides is 2. The van der Waals surface area contributed by atoms with Gasteiger partial charge in [0.05, 0.1) is 0 Å². The van der Waals surface area contributed by atoms with E-state index in [0.717, 1.165) is 47.9 Å². The lowest BCUT2D eigenvalue weighted by Gasteiger charge is -2.34. The van der Waals surface area contributed by atoms with Gasteiger partial charge in [0.2, 0.25) is 5.91 Å². The smallest absolute Gasteiger partial charge is 0.408 e. The highest BCUT2D eigenvalue weighted by atomic mass is 16.5. The SMILES string of the molecule is CC(NC(=O)C1(NC(=O)OCC2c3ccccc3-c3ccccc32)CCCC1)(C(=O)O)C1CC1. The molecule has 0 aromatic heterocycles. The van der Waals surface area contributed by atoms with Crippen LogP contribution >= 0.6 is 0 Å². The highest BCUT2D eigenvalue weighted by Gasteiger charge is 2.52. The number of hydrogen-bond donors (Lipinski definition) is 3. The minimum Gasteiger partial charge on any atom is -0.480 e. The van der Waals surface area contributed by atoms with Gasteiger partial charge in [-0.15, -0.1) is 0 Å². The number of carboxylic acids is 1. The van der Waals surface area contributed by atoms with Gasteiger partial charge in [0, 0.05) is 5.92 Å². The Labute approximate surface area is 198 Å². The Morgan fingerprint density at radius 2 is 1.56 bits per heavy atom. The van der Waals surface area contributed by atoms with Crippen molar-refractivity contribution in [3.8, 4) is 11.1 Å². The molecule has 178 valence electrons. The zero-order chi connectivity index (χ0) is 23.9. The minimum absolute atomic E-state index is 0.0725. The van der Waals surface area contributed by atoms with Crippen LogP contribution in [0.2, 0.25) is 0 Å². The average molecular weight is 463 g/mol. The van der Waals surface area contributed by atoms with E-state index >= 15 is 0 Å². The van der Waals surface area contributed by atoms with Crippen LogP contribution in [0.3, 0.4) is 0 Å². The molecule has 1 atom stereocenters. The molecule has 3 aliphatic carbocycles. The summed E-state index contributed by atoms with van der Waals surface area (Å²) in [4.78, 5) is 38.1. The topological polar surface area (TPSA) is 105 Å². The second kappa shape index (κ2) is 8.46. The second-order valence-electron chi connectivity index (χ2n) is 9.98. The van der Waals surface area contributed by atoms with Gasteiger partial charge in [0.25, 0.3) is 0 Å². The molecule has 2 aromatic rings. The Balaban J connectivity index is 1.29. The van der Waals surface area contributed by atoms with E-state index in [1.54, 1.807) is 6.92 Å². The van der Waals surface area contributed by atoms with Gasteiger partial charge in [0.15, 0.2) is 0 Å². The highest BCUT2D eigenvalue weighted by Crippen LogP contribution is 2.44. The molecule has 5 rings (SSSR count). The molecule has 3 aliphatic rings. The number of alkyl carbamates (subject to hydrolysis) is 1. The number of hydrogen-bond acceptors (Lipinski definition) is 4. The summed E-state index contributed by atoms with van der Waals surface area (Å²) in [5.41, 5.74) is 2.06. The lowest BCUT2D eigenvalue weighted by Crippen LogP contribution is -2.64. The molecule has 7 nitrogen and oxygen atoms in total. The summed E-state index contributed by atoms with van der Waals surface area (Å²) in [5.74, 6) is -1.63. The number of benzene rings is 2. The van der Waals surface area contributed by atoms with E-state index in [9.17, 15) is 19.5 Å². The Hall–Kier alpha value is -3.35. The van der Waals surface area contributed by atoms with Gasteiger partial charge in [-0.3, -0.25) is 4.79 Å². The largest absolute Gasteiger partial charge is 0.480 e. The standard InChI is InChI=1S/C27H30N2O5/c1-26(24(31)32,17-12-13-17)28-23(30)27(14-6-7-15-27)29-25(33)34-16-22-20-10-4-2-8-18(20)19-9-3-5-11-21(19)22/h2-5,8-11,17,22H,6-7,12-16H2,1H3,(H,28,30)(H,29,33)(H,31,32). The molecular weight excluding hydrogens is 432 g/mol. The van der Waals surface area contributed by atoms with E-state index in [0.29, 0.717) is 12.8 Å². The van der Waals surface area contributed by atoms with Crippen LogP contribution in [0.1, 0.15) is 62.5 Å². The summed E-state index contributed by atoms with van der Waals surface area (Å²) in [6, 6.07) is 16.2. The van der Waals surface area contributed by atoms with Crippen LogP contribution < -0.4 is 10.6 Å². The van der Waals surface area contributed by atoms with Crippen molar-refractivity contribution in [2.24, 2.45) is 5.92 Å². The summed E-state index contributed by atoms with van der Waals surface area (Å²) < 4.78 is 5.67. The predicted molar refractivity (Wildman–Crippen MR) is 126 cm³/mol. The van der Waals surface area contributed by atoms with Gasteiger partial charge in [-0.2, -0.15) is 0 Å². The fraction of sp³-hybridized carbons (Fsp3) is 0.444. The van der Waals surface area contributed by atoms with Crippen molar-refractivity contribution in [3.63, 3.8) is 0 Å². The van der Waals surface area contributed by atoms with Gasteiger partial charge < -0.3 is 20.5 Å². The number of aliphatic carboxylic acids is 1. The lowest BCUT2D eigenvalue weighted by atomic mass is 9.91. The molecule has 0 saturated heterocycles. The zero-order valence-corrected chi connectivity index (χ0v) is 19.3. The van der Waals surface area contributed by atoms with Gasteiger partial charge in [-0.1, -0.05) is 61.4 Å². The number of carbonyl (C=O) groups excluding carboxylic acids is 2. The van der Waals surface area contributed by atoms with Crippen LogP contribution in [0, 0.1) is 5.92 Å². The second-order valence-corrected chi connectivity index (χ2v) is 9.98. The van der Waals surface area contributed by atoms with Gasteiger partial charge in [-0.25, -0.2) is 9.59 Å². The van der Waals surface area contributed by atoms with E-state index in [2.05, 4.69) is 34.9 Å². The van der Waals surface area contributed by atoms with Crippen molar-refractivity contribution in [1.29, 1.82) is 0 Å². The third-order valence-electron chi connectivity index (χ3n) is 7.79. The normalized spacial score (nSPS) is 20.0. The maximum Gasteiger partial charge on any atom is 0.408 e. The molecule has 0 aliphatic heterocycles. The van der Waals surface area contributed by atoms with Crippen molar-refractivity contribution in [2.45, 2.75) is 62.4 Å². The first-order valence-corrected chi connectivity index (χ1v) is 12.0. The molecule has 0 heterocycles. The predicted octanol–water partition coefficient (Wildman–Crippen LogP) is 4.21. The van der Waals surface area contributed by atoms with Crippen LogP contribution in [-0.2, 0) is 14.3 Å². The van der Waals surface area contributed by atoms with E-state index in [4.69, 9.17) is 4.74 Å². The molecule has 2 aromatic carbocycles. The third kappa shape index (κ3) is 3.83. The van der Waals surface area contributed by atoms with Crippen LogP contribution in [0.25, 0.3) is 11.1 Å². The first-order chi connectivity index (χ1) is 16.3. The molecule has 3 N–H and O–H groups in total. The molecule has 0 spiro atoms. The number of rotatable bonds is 7. The van der Waals surface area contributed by atoms with E-state index < -0.39 is 29.0 Å². The quantitative estimate of drug-likeness (QED) is 0.572. The molecule has 0 bridgehead atoms. The Bertz CT molecular complexity index is 1090. The summed E-state index contributed by atoms with van der Waals surface area (Å²) >= 11 is 0. The maximum atomic E-state index is 13.3. The number of fused-ring (bicyclic) bond motifs is 3. The zero-order valence-electron chi connectivity index (χ0n) is 19.3. The van der Waals surface area contributed by atoms with Gasteiger partial charge in [0.1, 0.15) is 17.7 Å². The van der Waals surface area contributed by atoms with Crippen molar-refractivity contribution in [3.05, 3.63) is 59.7 Å². The molecule has 7 heteroatoms. The minimum atomic E-state index is -1.32. The van der Waals surface area contributed by atoms with Crippen molar-refractivity contribution < 1.29 is 24.2 Å². The summed E-state index contributed by atoms with van der Waals surface area (Å²) in [6.45, 7) is 1.72. The fourth-order valence-corrected chi connectivity index (χ4v) is 5.56. The molecule has 2 fully saturated rings. The van der Waals surface area contributed by atoms with Gasteiger partial charge in [-0.05, 0) is 60.8 Å². The average Bonchev–Trinajstić information content (AvgIpc) is 3.51. The van der Waals surface area contributed by atoms with Gasteiger partial charge >= 0.3 is 12.1 Å². The Kier molecular flexibility index (Phi) is 5.58. The number of carboxylic acid groups (broad SMARTS) is 1. The lowest BCUT2D eigenvalue weighted by molar-refractivity contribution is -0.149. The Morgan fingerprint density at radius 1 is 1.00 bits per heavy atom. The summed E-state index contributed by atoms with van der Waals surface area (Å²) in [6.07, 6.45) is 3.38. The van der Waals surface area contributed by atoms with Crippen molar-refractivity contribution in [1.82, 2.24) is 10.6 Å². The maximum absolute atomic E-state index is 13.3. The van der Waals surface area contributed by atoms with Crippen LogP contribution in [0.4, 0.5) is 4.79 Å². The fourth-order valence-electron chi connectivity index (χ4n) is 5.56. The Morgan fingerprint density at radius 3 is 2.09 bits per heavy atom. The van der Waals surface area contributed by atoms with E-state index in [-0.39, 0.29) is 18.4 Å². The summed E-state index contributed by atoms with van der Waals surface area (Å²) in [7, 11) is 0. The molecule has 34 heavy (non-hydrogen) atoms. The van der Waals surface area contributed by atoms with E-state index in [1.165, 1.54) is 0 Å². The third-order valence-corrected chi connectivity index (χ3v) is 7.79. The van der Waals surface area contributed by atoms with Crippen LogP contribution in [0.15, 0.2) is 48.5 Å². The molecule has 0 radical (unpaired) electrons. The van der Waals surface area contributed by atoms with Crippen LogP contribution in [-0.4, -0.2) is 40.8 Å². The number of ether oxygens (including phenoxy) is 1. The number of nitrogens with one attached hydrogen (secondary N) is 2. The monoisotopic (exact) mass is 462 g/mol. The molecule has 2 saturated carbocycles. The molecular formula is C27H30N2O5. The first-order valence-electron chi connectivity index (χ1n) is 12.0. The van der Waals surface area contributed by atoms with Crippen LogP contribution in [0.5, 0.6) is 0 Å². The van der Waals surface area contributed by atoms with E-state index in [1.807, 2.05) is 24.3 Å². The van der Waals surface area contributed by atoms with Crippen molar-refractivity contribution >= 4 is 18.0 Å². The first kappa shape index (κ1) is 22.4.